The molecule has 0 saturated heterocycles. The molecule has 2 aliphatic rings. The minimum atomic E-state index is -0.115. The number of rotatable bonds is 2. The fourth-order valence-electron chi connectivity index (χ4n) is 3.98. The van der Waals surface area contributed by atoms with Crippen LogP contribution < -0.4 is 10.6 Å². The third-order valence-corrected chi connectivity index (χ3v) is 5.06. The Morgan fingerprint density at radius 2 is 2.22 bits per heavy atom. The van der Waals surface area contributed by atoms with Gasteiger partial charge in [0, 0.05) is 35.2 Å². The summed E-state index contributed by atoms with van der Waals surface area (Å²) >= 11 is 0. The predicted octanol–water partition coefficient (Wildman–Crippen LogP) is 2.61. The van der Waals surface area contributed by atoms with Gasteiger partial charge in [-0.05, 0) is 50.0 Å². The van der Waals surface area contributed by atoms with Crippen molar-refractivity contribution in [3.63, 3.8) is 0 Å². The van der Waals surface area contributed by atoms with E-state index in [9.17, 15) is 4.79 Å². The maximum Gasteiger partial charge on any atom is 0.228 e. The van der Waals surface area contributed by atoms with Crippen LogP contribution in [0.15, 0.2) is 30.5 Å². The molecule has 4 heteroatoms. The smallest absolute Gasteiger partial charge is 0.228 e. The molecule has 1 aliphatic carbocycles. The molecule has 1 amide bonds. The Bertz CT molecular complexity index is 817. The summed E-state index contributed by atoms with van der Waals surface area (Å²) in [5, 5.41) is 7.97. The van der Waals surface area contributed by atoms with Crippen LogP contribution in [0.3, 0.4) is 0 Å². The Morgan fingerprint density at radius 1 is 1.39 bits per heavy atom. The zero-order valence-corrected chi connectivity index (χ0v) is 13.9. The summed E-state index contributed by atoms with van der Waals surface area (Å²) in [6.07, 6.45) is 5.25. The molecule has 3 N–H and O–H groups in total. The second-order valence-corrected chi connectivity index (χ2v) is 7.28. The molecule has 0 fully saturated rings. The van der Waals surface area contributed by atoms with Gasteiger partial charge in [-0.3, -0.25) is 4.79 Å². The van der Waals surface area contributed by atoms with Crippen molar-refractivity contribution in [2.75, 3.05) is 6.54 Å². The van der Waals surface area contributed by atoms with E-state index in [-0.39, 0.29) is 23.4 Å². The number of amides is 1. The molecule has 2 aromatic rings. The van der Waals surface area contributed by atoms with Crippen LogP contribution >= 0.6 is 0 Å². The van der Waals surface area contributed by atoms with E-state index in [1.54, 1.807) is 0 Å². The third kappa shape index (κ3) is 2.20. The van der Waals surface area contributed by atoms with E-state index in [1.807, 2.05) is 13.8 Å². The number of benzene rings is 1. The van der Waals surface area contributed by atoms with E-state index in [0.29, 0.717) is 6.54 Å². The first-order valence-electron chi connectivity index (χ1n) is 8.35. The summed E-state index contributed by atoms with van der Waals surface area (Å²) in [7, 11) is 0. The molecule has 2 heterocycles. The van der Waals surface area contributed by atoms with Gasteiger partial charge in [0.05, 0.1) is 5.92 Å². The van der Waals surface area contributed by atoms with Gasteiger partial charge in [-0.2, -0.15) is 0 Å². The molecule has 0 spiro atoms. The monoisotopic (exact) mass is 309 g/mol. The minimum Gasteiger partial charge on any atom is -0.361 e. The van der Waals surface area contributed by atoms with Gasteiger partial charge < -0.3 is 15.6 Å². The first-order valence-corrected chi connectivity index (χ1v) is 8.35. The number of carbonyl (C=O) groups excluding carboxylic acids is 1. The highest BCUT2D eigenvalue weighted by Gasteiger charge is 2.40. The number of aromatic nitrogens is 1. The second kappa shape index (κ2) is 4.96. The molecule has 1 aliphatic heterocycles. The standard InChI is InChI=1S/C19H23N3O/c1-11(2)22-18(23)12-7-15-14-5-4-6-16-17(14)13(9-20-16)8-19(15,3)21-10-12/h4-7,9,11-12,20-21H,8,10H2,1-3H3,(H,22,23)/t12-,19-/m1/s1. The zero-order chi connectivity index (χ0) is 16.2. The van der Waals surface area contributed by atoms with Crippen molar-refractivity contribution in [3.8, 4) is 0 Å². The Kier molecular flexibility index (Phi) is 3.13. The maximum absolute atomic E-state index is 12.4. The number of aromatic amines is 1. The second-order valence-electron chi connectivity index (χ2n) is 7.28. The molecule has 0 radical (unpaired) electrons. The Morgan fingerprint density at radius 3 is 3.00 bits per heavy atom. The van der Waals surface area contributed by atoms with Crippen molar-refractivity contribution in [2.24, 2.45) is 5.92 Å². The van der Waals surface area contributed by atoms with E-state index in [4.69, 9.17) is 0 Å². The molecule has 4 nitrogen and oxygen atoms in total. The lowest BCUT2D eigenvalue weighted by atomic mass is 9.72. The highest BCUT2D eigenvalue weighted by atomic mass is 16.1. The van der Waals surface area contributed by atoms with Gasteiger partial charge in [0.2, 0.25) is 5.91 Å². The van der Waals surface area contributed by atoms with Crippen molar-refractivity contribution in [3.05, 3.63) is 41.6 Å². The number of fused-ring (bicyclic) bond motifs is 2. The summed E-state index contributed by atoms with van der Waals surface area (Å²) in [6, 6.07) is 6.54. The van der Waals surface area contributed by atoms with Crippen LogP contribution in [0.2, 0.25) is 0 Å². The Hall–Kier alpha value is -2.07. The van der Waals surface area contributed by atoms with Crippen LogP contribution in [0.4, 0.5) is 0 Å². The number of nitrogens with one attached hydrogen (secondary N) is 3. The molecule has 0 bridgehead atoms. The van der Waals surface area contributed by atoms with Crippen molar-refractivity contribution >= 4 is 22.4 Å². The normalized spacial score (nSPS) is 26.1. The van der Waals surface area contributed by atoms with E-state index in [1.165, 1.54) is 27.6 Å². The van der Waals surface area contributed by atoms with Crippen LogP contribution in [-0.2, 0) is 11.2 Å². The van der Waals surface area contributed by atoms with E-state index >= 15 is 0 Å². The average molecular weight is 309 g/mol. The molecule has 0 unspecified atom stereocenters. The molecule has 1 aromatic heterocycles. The van der Waals surface area contributed by atoms with Crippen LogP contribution in [0.25, 0.3) is 16.5 Å². The third-order valence-electron chi connectivity index (χ3n) is 5.06. The van der Waals surface area contributed by atoms with Crippen LogP contribution in [0.5, 0.6) is 0 Å². The summed E-state index contributed by atoms with van der Waals surface area (Å²) in [6.45, 7) is 6.93. The molecule has 0 saturated carbocycles. The molecule has 4 rings (SSSR count). The minimum absolute atomic E-state index is 0.0991. The van der Waals surface area contributed by atoms with Crippen molar-refractivity contribution in [1.29, 1.82) is 0 Å². The molecular weight excluding hydrogens is 286 g/mol. The lowest BCUT2D eigenvalue weighted by Gasteiger charge is -2.42. The van der Waals surface area contributed by atoms with Gasteiger partial charge in [-0.15, -0.1) is 0 Å². The number of H-pyrrole nitrogens is 1. The Balaban J connectivity index is 1.82. The summed E-state index contributed by atoms with van der Waals surface area (Å²) < 4.78 is 0. The topological polar surface area (TPSA) is 56.9 Å². The van der Waals surface area contributed by atoms with Crippen molar-refractivity contribution < 1.29 is 4.79 Å². The van der Waals surface area contributed by atoms with Gasteiger partial charge in [0.25, 0.3) is 0 Å². The van der Waals surface area contributed by atoms with E-state index in [0.717, 1.165) is 6.42 Å². The number of carbonyl (C=O) groups is 1. The maximum atomic E-state index is 12.4. The number of hydrogen-bond donors (Lipinski definition) is 3. The highest BCUT2D eigenvalue weighted by molar-refractivity contribution is 6.00. The van der Waals surface area contributed by atoms with Gasteiger partial charge in [-0.1, -0.05) is 18.2 Å². The molecule has 1 aromatic carbocycles. The van der Waals surface area contributed by atoms with Crippen molar-refractivity contribution in [1.82, 2.24) is 15.6 Å². The van der Waals surface area contributed by atoms with Crippen LogP contribution in [0.1, 0.15) is 31.9 Å². The first-order chi connectivity index (χ1) is 11.0. The van der Waals surface area contributed by atoms with Gasteiger partial charge in [0.15, 0.2) is 0 Å². The first kappa shape index (κ1) is 14.5. The summed E-state index contributed by atoms with van der Waals surface area (Å²) in [5.41, 5.74) is 4.94. The molecule has 23 heavy (non-hydrogen) atoms. The molecule has 120 valence electrons. The highest BCUT2D eigenvalue weighted by Crippen LogP contribution is 2.43. The lowest BCUT2D eigenvalue weighted by Crippen LogP contribution is -2.53. The summed E-state index contributed by atoms with van der Waals surface area (Å²) in [4.78, 5) is 15.8. The largest absolute Gasteiger partial charge is 0.361 e. The van der Waals surface area contributed by atoms with E-state index < -0.39 is 0 Å². The predicted molar refractivity (Wildman–Crippen MR) is 93.2 cm³/mol. The SMILES string of the molecule is CC(C)NC(=O)[C@@H]1C=C2c3cccc4[nH]cc(c34)C[C@@]2(C)NC1. The summed E-state index contributed by atoms with van der Waals surface area (Å²) in [5.74, 6) is -0.00897. The zero-order valence-electron chi connectivity index (χ0n) is 13.9. The van der Waals surface area contributed by atoms with Crippen LogP contribution in [-0.4, -0.2) is 29.0 Å². The molecule has 2 atom stereocenters. The average Bonchev–Trinajstić information content (AvgIpc) is 2.90. The Labute approximate surface area is 136 Å². The van der Waals surface area contributed by atoms with Crippen molar-refractivity contribution in [2.45, 2.75) is 38.8 Å². The lowest BCUT2D eigenvalue weighted by molar-refractivity contribution is -0.124. The quantitative estimate of drug-likeness (QED) is 0.799. The van der Waals surface area contributed by atoms with Gasteiger partial charge >= 0.3 is 0 Å². The molecular formula is C19H23N3O. The van der Waals surface area contributed by atoms with Gasteiger partial charge in [-0.25, -0.2) is 0 Å². The fraction of sp³-hybridized carbons (Fsp3) is 0.421. The van der Waals surface area contributed by atoms with E-state index in [2.05, 4.69) is 53.0 Å². The number of hydrogen-bond acceptors (Lipinski definition) is 2. The fourth-order valence-corrected chi connectivity index (χ4v) is 3.98. The van der Waals surface area contributed by atoms with Gasteiger partial charge in [0.1, 0.15) is 0 Å². The van der Waals surface area contributed by atoms with Crippen LogP contribution in [0, 0.1) is 5.92 Å².